The Morgan fingerprint density at radius 2 is 1.53 bits per heavy atom. The lowest BCUT2D eigenvalue weighted by atomic mass is 10.1. The van der Waals surface area contributed by atoms with Crippen LogP contribution in [0.4, 0.5) is 13.2 Å². The largest absolute Gasteiger partial charge is 0.416 e. The van der Waals surface area contributed by atoms with Crippen molar-refractivity contribution < 1.29 is 22.8 Å². The van der Waals surface area contributed by atoms with Crippen LogP contribution in [0.3, 0.4) is 0 Å². The standard InChI is InChI=1S/C25H20F3N3O2S/c26-25(27,28)17-5-3-6-18(15-17)31-16-20(19-7-1-2-8-21(19)31)23(32)29-10-12-30(13-11-29)24(33)22-9-4-14-34-22/h1-9,14-16H,10-13H2. The maximum atomic E-state index is 13.4. The Bertz CT molecular complexity index is 1350. The van der Waals surface area contributed by atoms with Gasteiger partial charge in [0.1, 0.15) is 0 Å². The molecule has 4 aromatic rings. The van der Waals surface area contributed by atoms with Crippen molar-refractivity contribution in [1.82, 2.24) is 14.4 Å². The maximum absolute atomic E-state index is 13.4. The van der Waals surface area contributed by atoms with Gasteiger partial charge in [-0.25, -0.2) is 0 Å². The number of carbonyl (C=O) groups is 2. The third-order valence-corrected chi connectivity index (χ3v) is 6.84. The molecule has 1 aliphatic heterocycles. The zero-order valence-corrected chi connectivity index (χ0v) is 18.8. The van der Waals surface area contributed by atoms with Gasteiger partial charge in [-0.1, -0.05) is 30.3 Å². The minimum Gasteiger partial charge on any atom is -0.335 e. The third kappa shape index (κ3) is 4.07. The van der Waals surface area contributed by atoms with E-state index in [1.165, 1.54) is 17.4 Å². The molecule has 5 rings (SSSR count). The number of carbonyl (C=O) groups excluding carboxylic acids is 2. The number of nitrogens with zero attached hydrogens (tertiary/aromatic N) is 3. The first-order valence-electron chi connectivity index (χ1n) is 10.7. The van der Waals surface area contributed by atoms with Crippen LogP contribution in [0.15, 0.2) is 72.2 Å². The van der Waals surface area contributed by atoms with Crippen molar-refractivity contribution in [2.24, 2.45) is 0 Å². The highest BCUT2D eigenvalue weighted by Gasteiger charge is 2.31. The summed E-state index contributed by atoms with van der Waals surface area (Å²) in [6.07, 6.45) is -2.86. The minimum atomic E-state index is -4.46. The number of benzene rings is 2. The van der Waals surface area contributed by atoms with E-state index in [0.29, 0.717) is 53.2 Å². The molecule has 2 aromatic carbocycles. The monoisotopic (exact) mass is 483 g/mol. The Morgan fingerprint density at radius 1 is 0.824 bits per heavy atom. The molecule has 0 atom stereocenters. The number of aromatic nitrogens is 1. The molecule has 0 spiro atoms. The van der Waals surface area contributed by atoms with E-state index in [9.17, 15) is 22.8 Å². The number of piperazine rings is 1. The van der Waals surface area contributed by atoms with Crippen molar-refractivity contribution in [3.8, 4) is 5.69 Å². The molecule has 0 aliphatic carbocycles. The van der Waals surface area contributed by atoms with Gasteiger partial charge in [-0.05, 0) is 35.7 Å². The molecule has 0 N–H and O–H groups in total. The van der Waals surface area contributed by atoms with E-state index in [4.69, 9.17) is 0 Å². The van der Waals surface area contributed by atoms with Crippen LogP contribution < -0.4 is 0 Å². The van der Waals surface area contributed by atoms with Crippen LogP contribution in [0.2, 0.25) is 0 Å². The molecule has 3 heterocycles. The second kappa shape index (κ2) is 8.64. The number of amides is 2. The quantitative estimate of drug-likeness (QED) is 0.397. The van der Waals surface area contributed by atoms with E-state index < -0.39 is 11.7 Å². The molecule has 0 bridgehead atoms. The van der Waals surface area contributed by atoms with Gasteiger partial charge in [0.25, 0.3) is 11.8 Å². The second-order valence-corrected chi connectivity index (χ2v) is 8.99. The van der Waals surface area contributed by atoms with Crippen LogP contribution in [0.1, 0.15) is 25.6 Å². The van der Waals surface area contributed by atoms with Gasteiger partial charge in [0.2, 0.25) is 0 Å². The van der Waals surface area contributed by atoms with Gasteiger partial charge in [0.15, 0.2) is 0 Å². The van der Waals surface area contributed by atoms with E-state index in [-0.39, 0.29) is 11.8 Å². The average molecular weight is 484 g/mol. The van der Waals surface area contributed by atoms with Crippen molar-refractivity contribution >= 4 is 34.1 Å². The number of alkyl halides is 3. The summed E-state index contributed by atoms with van der Waals surface area (Å²) in [6, 6.07) is 15.8. The van der Waals surface area contributed by atoms with Crippen LogP contribution in [0.5, 0.6) is 0 Å². The second-order valence-electron chi connectivity index (χ2n) is 8.04. The Kier molecular flexibility index (Phi) is 5.65. The predicted molar refractivity (Wildman–Crippen MR) is 124 cm³/mol. The summed E-state index contributed by atoms with van der Waals surface area (Å²) in [6.45, 7) is 1.63. The molecular weight excluding hydrogens is 463 g/mol. The number of para-hydroxylation sites is 1. The van der Waals surface area contributed by atoms with Crippen molar-refractivity contribution in [2.75, 3.05) is 26.2 Å². The summed E-state index contributed by atoms with van der Waals surface area (Å²) in [5, 5.41) is 2.52. The number of hydrogen-bond donors (Lipinski definition) is 0. The molecule has 2 amide bonds. The minimum absolute atomic E-state index is 0.0387. The smallest absolute Gasteiger partial charge is 0.335 e. The molecule has 1 saturated heterocycles. The summed E-state index contributed by atoms with van der Waals surface area (Å²) < 4.78 is 41.4. The molecule has 2 aromatic heterocycles. The third-order valence-electron chi connectivity index (χ3n) is 5.98. The predicted octanol–water partition coefficient (Wildman–Crippen LogP) is 5.31. The fourth-order valence-electron chi connectivity index (χ4n) is 4.23. The van der Waals surface area contributed by atoms with Gasteiger partial charge in [-0.15, -0.1) is 11.3 Å². The zero-order valence-electron chi connectivity index (χ0n) is 18.0. The van der Waals surface area contributed by atoms with Gasteiger partial charge >= 0.3 is 6.18 Å². The normalized spacial score (nSPS) is 14.6. The van der Waals surface area contributed by atoms with Crippen LogP contribution in [0, 0.1) is 0 Å². The number of hydrogen-bond acceptors (Lipinski definition) is 3. The van der Waals surface area contributed by atoms with Gasteiger partial charge in [-0.2, -0.15) is 13.2 Å². The first-order chi connectivity index (χ1) is 16.3. The Hall–Kier alpha value is -3.59. The van der Waals surface area contributed by atoms with Gasteiger partial charge in [0, 0.05) is 43.4 Å². The lowest BCUT2D eigenvalue weighted by Crippen LogP contribution is -2.50. The maximum Gasteiger partial charge on any atom is 0.416 e. The number of halogens is 3. The lowest BCUT2D eigenvalue weighted by Gasteiger charge is -2.34. The Balaban J connectivity index is 1.42. The number of rotatable bonds is 3. The number of fused-ring (bicyclic) bond motifs is 1. The average Bonchev–Trinajstić information content (AvgIpc) is 3.52. The van der Waals surface area contributed by atoms with Gasteiger partial charge in [0.05, 0.1) is 21.5 Å². The Morgan fingerprint density at radius 3 is 2.21 bits per heavy atom. The molecule has 9 heteroatoms. The van der Waals surface area contributed by atoms with Crippen molar-refractivity contribution in [3.63, 3.8) is 0 Å². The van der Waals surface area contributed by atoms with E-state index in [1.54, 1.807) is 57.0 Å². The van der Waals surface area contributed by atoms with Crippen LogP contribution >= 0.6 is 11.3 Å². The first kappa shape index (κ1) is 22.2. The molecule has 0 unspecified atom stereocenters. The van der Waals surface area contributed by atoms with Crippen LogP contribution in [-0.4, -0.2) is 52.4 Å². The molecule has 1 aliphatic rings. The SMILES string of the molecule is O=C(c1cccs1)N1CCN(C(=O)c2cn(-c3cccc(C(F)(F)F)c3)c3ccccc23)CC1. The summed E-state index contributed by atoms with van der Waals surface area (Å²) in [5.41, 5.74) is 0.654. The highest BCUT2D eigenvalue weighted by Crippen LogP contribution is 2.32. The van der Waals surface area contributed by atoms with Crippen molar-refractivity contribution in [2.45, 2.75) is 6.18 Å². The highest BCUT2D eigenvalue weighted by atomic mass is 32.1. The van der Waals surface area contributed by atoms with Crippen LogP contribution in [0.25, 0.3) is 16.6 Å². The fourth-order valence-corrected chi connectivity index (χ4v) is 4.93. The molecule has 0 saturated carbocycles. The topological polar surface area (TPSA) is 45.6 Å². The summed E-state index contributed by atoms with van der Waals surface area (Å²) in [4.78, 5) is 30.1. The Labute approximate surface area is 197 Å². The van der Waals surface area contributed by atoms with E-state index in [1.807, 2.05) is 11.4 Å². The van der Waals surface area contributed by atoms with E-state index in [2.05, 4.69) is 0 Å². The van der Waals surface area contributed by atoms with Gasteiger partial charge < -0.3 is 14.4 Å². The summed E-state index contributed by atoms with van der Waals surface area (Å²) in [7, 11) is 0. The van der Waals surface area contributed by atoms with Crippen molar-refractivity contribution in [1.29, 1.82) is 0 Å². The first-order valence-corrected chi connectivity index (χ1v) is 11.6. The summed E-state index contributed by atoms with van der Waals surface area (Å²) in [5.74, 6) is -0.242. The zero-order chi connectivity index (χ0) is 23.9. The van der Waals surface area contributed by atoms with E-state index >= 15 is 0 Å². The highest BCUT2D eigenvalue weighted by molar-refractivity contribution is 7.12. The van der Waals surface area contributed by atoms with Crippen LogP contribution in [-0.2, 0) is 6.18 Å². The lowest BCUT2D eigenvalue weighted by molar-refractivity contribution is -0.137. The van der Waals surface area contributed by atoms with Gasteiger partial charge in [-0.3, -0.25) is 9.59 Å². The molecule has 5 nitrogen and oxygen atoms in total. The summed E-state index contributed by atoms with van der Waals surface area (Å²) >= 11 is 1.39. The number of thiophene rings is 1. The molecule has 1 fully saturated rings. The van der Waals surface area contributed by atoms with E-state index in [0.717, 1.165) is 12.1 Å². The van der Waals surface area contributed by atoms with Crippen molar-refractivity contribution in [3.05, 3.63) is 88.2 Å². The fraction of sp³-hybridized carbons (Fsp3) is 0.200. The molecule has 174 valence electrons. The molecular formula is C25H20F3N3O2S. The molecule has 34 heavy (non-hydrogen) atoms. The molecule has 0 radical (unpaired) electrons.